The van der Waals surface area contributed by atoms with Gasteiger partial charge in [0.2, 0.25) is 0 Å². The molecule has 0 unspecified atom stereocenters. The molecule has 0 saturated carbocycles. The van der Waals surface area contributed by atoms with E-state index in [1.54, 1.807) is 6.07 Å². The van der Waals surface area contributed by atoms with Crippen LogP contribution in [0.4, 0.5) is 10.1 Å². The maximum atomic E-state index is 13.1. The number of aryl methyl sites for hydroxylation is 1. The van der Waals surface area contributed by atoms with Crippen LogP contribution in [0.5, 0.6) is 0 Å². The summed E-state index contributed by atoms with van der Waals surface area (Å²) in [5.74, 6) is -1.95. The zero-order valence-electron chi connectivity index (χ0n) is 12.4. The largest absolute Gasteiger partial charge is 0.452 e. The van der Waals surface area contributed by atoms with Crippen LogP contribution >= 0.6 is 11.6 Å². The molecule has 0 heterocycles. The number of nitrogens with one attached hydrogen (secondary N) is 1. The lowest BCUT2D eigenvalue weighted by Crippen LogP contribution is -2.21. The average molecular weight is 336 g/mol. The van der Waals surface area contributed by atoms with Crippen LogP contribution in [-0.4, -0.2) is 18.5 Å². The van der Waals surface area contributed by atoms with Gasteiger partial charge < -0.3 is 10.1 Å². The highest BCUT2D eigenvalue weighted by Gasteiger charge is 2.15. The lowest BCUT2D eigenvalue weighted by atomic mass is 10.1. The zero-order chi connectivity index (χ0) is 16.8. The normalized spacial score (nSPS) is 10.2. The van der Waals surface area contributed by atoms with Crippen molar-refractivity contribution in [3.63, 3.8) is 0 Å². The summed E-state index contributed by atoms with van der Waals surface area (Å²) >= 11 is 5.80. The number of halogens is 2. The Morgan fingerprint density at radius 1 is 1.22 bits per heavy atom. The van der Waals surface area contributed by atoms with E-state index in [1.165, 1.54) is 6.07 Å². The van der Waals surface area contributed by atoms with Crippen molar-refractivity contribution in [2.75, 3.05) is 11.9 Å². The first kappa shape index (κ1) is 17.0. The summed E-state index contributed by atoms with van der Waals surface area (Å²) in [5.41, 5.74) is 1.58. The molecule has 0 atom stereocenters. The molecule has 2 aromatic rings. The Morgan fingerprint density at radius 3 is 2.74 bits per heavy atom. The molecule has 0 radical (unpaired) electrons. The molecule has 6 heteroatoms. The molecule has 0 aliphatic carbocycles. The molecular formula is C17H15ClFNO3. The van der Waals surface area contributed by atoms with E-state index in [1.807, 2.05) is 25.1 Å². The Bertz CT molecular complexity index is 734. The molecule has 1 N–H and O–H groups in total. The van der Waals surface area contributed by atoms with Crippen LogP contribution in [0.25, 0.3) is 0 Å². The Hall–Kier alpha value is -2.40. The van der Waals surface area contributed by atoms with Crippen molar-refractivity contribution in [3.8, 4) is 0 Å². The number of carbonyl (C=O) groups is 2. The summed E-state index contributed by atoms with van der Waals surface area (Å²) in [4.78, 5) is 23.6. The van der Waals surface area contributed by atoms with E-state index < -0.39 is 24.3 Å². The molecule has 0 aliphatic rings. The van der Waals surface area contributed by atoms with Gasteiger partial charge in [-0.25, -0.2) is 9.18 Å². The summed E-state index contributed by atoms with van der Waals surface area (Å²) in [6.45, 7) is 1.52. The SMILES string of the molecule is CCc1cccc(NC(=O)COC(=O)c2cc(F)ccc2Cl)c1. The van der Waals surface area contributed by atoms with Crippen molar-refractivity contribution in [3.05, 3.63) is 64.4 Å². The average Bonchev–Trinajstić information content (AvgIpc) is 2.55. The van der Waals surface area contributed by atoms with Crippen molar-refractivity contribution in [2.24, 2.45) is 0 Å². The second kappa shape index (κ2) is 7.74. The number of ether oxygens (including phenoxy) is 1. The summed E-state index contributed by atoms with van der Waals surface area (Å²) in [5, 5.41) is 2.69. The van der Waals surface area contributed by atoms with E-state index in [-0.39, 0.29) is 10.6 Å². The first-order valence-corrected chi connectivity index (χ1v) is 7.38. The molecule has 0 fully saturated rings. The van der Waals surface area contributed by atoms with Gasteiger partial charge in [-0.2, -0.15) is 0 Å². The minimum atomic E-state index is -0.855. The predicted molar refractivity (Wildman–Crippen MR) is 86.1 cm³/mol. The van der Waals surface area contributed by atoms with Gasteiger partial charge in [-0.1, -0.05) is 30.7 Å². The molecular weight excluding hydrogens is 321 g/mol. The molecule has 0 bridgehead atoms. The molecule has 0 aromatic heterocycles. The molecule has 0 aliphatic heterocycles. The maximum Gasteiger partial charge on any atom is 0.340 e. The fraction of sp³-hybridized carbons (Fsp3) is 0.176. The third-order valence-electron chi connectivity index (χ3n) is 3.10. The van der Waals surface area contributed by atoms with Crippen molar-refractivity contribution in [1.29, 1.82) is 0 Å². The topological polar surface area (TPSA) is 55.4 Å². The number of esters is 1. The molecule has 1 amide bonds. The van der Waals surface area contributed by atoms with Crippen molar-refractivity contribution in [1.82, 2.24) is 0 Å². The van der Waals surface area contributed by atoms with Gasteiger partial charge >= 0.3 is 5.97 Å². The van der Waals surface area contributed by atoms with Crippen LogP contribution in [0, 0.1) is 5.82 Å². The fourth-order valence-electron chi connectivity index (χ4n) is 1.93. The van der Waals surface area contributed by atoms with Gasteiger partial charge in [0.05, 0.1) is 10.6 Å². The number of rotatable bonds is 5. The van der Waals surface area contributed by atoms with Crippen LogP contribution in [0.1, 0.15) is 22.8 Å². The smallest absolute Gasteiger partial charge is 0.340 e. The number of anilines is 1. The molecule has 0 spiro atoms. The van der Waals surface area contributed by atoms with Crippen molar-refractivity contribution < 1.29 is 18.7 Å². The van der Waals surface area contributed by atoms with Gasteiger partial charge in [0.1, 0.15) is 5.82 Å². The molecule has 0 saturated heterocycles. The van der Waals surface area contributed by atoms with E-state index in [4.69, 9.17) is 16.3 Å². The van der Waals surface area contributed by atoms with Crippen LogP contribution < -0.4 is 5.32 Å². The first-order chi connectivity index (χ1) is 11.0. The van der Waals surface area contributed by atoms with E-state index in [0.29, 0.717) is 5.69 Å². The Morgan fingerprint density at radius 2 is 2.00 bits per heavy atom. The van der Waals surface area contributed by atoms with E-state index in [9.17, 15) is 14.0 Å². The molecule has 23 heavy (non-hydrogen) atoms. The molecule has 120 valence electrons. The van der Waals surface area contributed by atoms with Gasteiger partial charge in [0.15, 0.2) is 6.61 Å². The Balaban J connectivity index is 1.93. The van der Waals surface area contributed by atoms with Gasteiger partial charge in [0.25, 0.3) is 5.91 Å². The van der Waals surface area contributed by atoms with Crippen LogP contribution in [0.3, 0.4) is 0 Å². The highest BCUT2D eigenvalue weighted by atomic mass is 35.5. The quantitative estimate of drug-likeness (QED) is 0.845. The van der Waals surface area contributed by atoms with E-state index in [0.717, 1.165) is 24.1 Å². The van der Waals surface area contributed by atoms with Crippen molar-refractivity contribution in [2.45, 2.75) is 13.3 Å². The first-order valence-electron chi connectivity index (χ1n) is 7.00. The van der Waals surface area contributed by atoms with Gasteiger partial charge in [-0.15, -0.1) is 0 Å². The minimum Gasteiger partial charge on any atom is -0.452 e. The summed E-state index contributed by atoms with van der Waals surface area (Å²) < 4.78 is 18.0. The lowest BCUT2D eigenvalue weighted by molar-refractivity contribution is -0.119. The maximum absolute atomic E-state index is 13.1. The third kappa shape index (κ3) is 4.79. The van der Waals surface area contributed by atoms with E-state index in [2.05, 4.69) is 5.32 Å². The van der Waals surface area contributed by atoms with Gasteiger partial charge in [-0.3, -0.25) is 4.79 Å². The highest BCUT2D eigenvalue weighted by molar-refractivity contribution is 6.33. The van der Waals surface area contributed by atoms with Gasteiger partial charge in [-0.05, 0) is 42.3 Å². The number of carbonyl (C=O) groups excluding carboxylic acids is 2. The molecule has 2 rings (SSSR count). The van der Waals surface area contributed by atoms with Crippen LogP contribution in [0.15, 0.2) is 42.5 Å². The summed E-state index contributed by atoms with van der Waals surface area (Å²) in [6.07, 6.45) is 0.844. The zero-order valence-corrected chi connectivity index (χ0v) is 13.2. The highest BCUT2D eigenvalue weighted by Crippen LogP contribution is 2.18. The standard InChI is InChI=1S/C17H15ClFNO3/c1-2-11-4-3-5-13(8-11)20-16(21)10-23-17(22)14-9-12(19)6-7-15(14)18/h3-9H,2,10H2,1H3,(H,20,21). The number of hydrogen-bond acceptors (Lipinski definition) is 3. The summed E-state index contributed by atoms with van der Waals surface area (Å²) in [6, 6.07) is 10.7. The fourth-order valence-corrected chi connectivity index (χ4v) is 2.12. The molecule has 2 aromatic carbocycles. The van der Waals surface area contributed by atoms with Gasteiger partial charge in [0, 0.05) is 5.69 Å². The number of hydrogen-bond donors (Lipinski definition) is 1. The number of benzene rings is 2. The van der Waals surface area contributed by atoms with Crippen LogP contribution in [0.2, 0.25) is 5.02 Å². The summed E-state index contributed by atoms with van der Waals surface area (Å²) in [7, 11) is 0. The Labute approximate surface area is 138 Å². The third-order valence-corrected chi connectivity index (χ3v) is 3.43. The van der Waals surface area contributed by atoms with E-state index >= 15 is 0 Å². The monoisotopic (exact) mass is 335 g/mol. The second-order valence-electron chi connectivity index (χ2n) is 4.80. The van der Waals surface area contributed by atoms with Crippen LogP contribution in [-0.2, 0) is 16.0 Å². The Kier molecular flexibility index (Phi) is 5.71. The minimum absolute atomic E-state index is 0.0625. The van der Waals surface area contributed by atoms with Crippen molar-refractivity contribution >= 4 is 29.2 Å². The second-order valence-corrected chi connectivity index (χ2v) is 5.21. The molecule has 4 nitrogen and oxygen atoms in total. The number of amides is 1. The lowest BCUT2D eigenvalue weighted by Gasteiger charge is -2.08. The predicted octanol–water partition coefficient (Wildman–Crippen LogP) is 3.84.